The van der Waals surface area contributed by atoms with E-state index in [2.05, 4.69) is 10.3 Å². The van der Waals surface area contributed by atoms with Crippen LogP contribution in [0.1, 0.15) is 65.9 Å². The fraction of sp³-hybridized carbons (Fsp3) is 0.345. The number of aromatic nitrogens is 1. The number of carbonyl (C=O) groups is 2. The van der Waals surface area contributed by atoms with Crippen molar-refractivity contribution in [1.82, 2.24) is 9.88 Å². The summed E-state index contributed by atoms with van der Waals surface area (Å²) in [4.78, 5) is 31.1. The number of piperidine rings is 1. The molecule has 2 aromatic carbocycles. The smallest absolute Gasteiger partial charge is 0.277 e. The summed E-state index contributed by atoms with van der Waals surface area (Å²) < 4.78 is 24.9. The van der Waals surface area contributed by atoms with Gasteiger partial charge in [0, 0.05) is 30.4 Å². The van der Waals surface area contributed by atoms with Crippen molar-refractivity contribution in [3.63, 3.8) is 0 Å². The Bertz CT molecular complexity index is 1250. The van der Waals surface area contributed by atoms with E-state index in [1.807, 2.05) is 62.1 Å². The molecule has 37 heavy (non-hydrogen) atoms. The molecule has 1 saturated heterocycles. The molecule has 0 saturated carbocycles. The van der Waals surface area contributed by atoms with E-state index in [-0.39, 0.29) is 23.0 Å². The third-order valence-electron chi connectivity index (χ3n) is 6.21. The van der Waals surface area contributed by atoms with Crippen LogP contribution >= 0.6 is 0 Å². The van der Waals surface area contributed by atoms with E-state index in [1.165, 1.54) is 13.3 Å². The zero-order chi connectivity index (χ0) is 26.6. The predicted octanol–water partition coefficient (Wildman–Crippen LogP) is 5.68. The minimum atomic E-state index is -0.746. The van der Waals surface area contributed by atoms with Gasteiger partial charge >= 0.3 is 0 Å². The van der Waals surface area contributed by atoms with Crippen molar-refractivity contribution in [3.8, 4) is 11.5 Å². The maximum Gasteiger partial charge on any atom is 0.277 e. The standard InChI is InChI=1S/C29H32FN3O4/c1-29(2,3)37-23-11-7-21(8-12-23)28(35)33-15-13-20(14-16-33)19-5-9-22(10-6-19)32-27(34)26-25(30)17-24(36-4)18-31-26/h5-12,17-18,20H,13-16H2,1-4H3,(H,32,34). The average Bonchev–Trinajstić information content (AvgIpc) is 2.88. The molecule has 0 atom stereocenters. The molecule has 0 bridgehead atoms. The lowest BCUT2D eigenvalue weighted by Gasteiger charge is -2.32. The molecule has 1 aliphatic rings. The zero-order valence-electron chi connectivity index (χ0n) is 21.6. The molecule has 0 unspecified atom stereocenters. The van der Waals surface area contributed by atoms with Crippen molar-refractivity contribution < 1.29 is 23.5 Å². The first-order valence-electron chi connectivity index (χ1n) is 12.3. The van der Waals surface area contributed by atoms with Crippen LogP contribution in [0.15, 0.2) is 60.8 Å². The van der Waals surface area contributed by atoms with Gasteiger partial charge in [-0.15, -0.1) is 0 Å². The molecule has 0 aliphatic carbocycles. The van der Waals surface area contributed by atoms with E-state index in [4.69, 9.17) is 9.47 Å². The van der Waals surface area contributed by atoms with Crippen LogP contribution < -0.4 is 14.8 Å². The molecular formula is C29H32FN3O4. The molecule has 1 aliphatic heterocycles. The van der Waals surface area contributed by atoms with Gasteiger partial charge in [-0.2, -0.15) is 0 Å². The number of pyridine rings is 1. The summed E-state index contributed by atoms with van der Waals surface area (Å²) in [7, 11) is 1.40. The number of amides is 2. The molecule has 0 radical (unpaired) electrons. The largest absolute Gasteiger partial charge is 0.495 e. The van der Waals surface area contributed by atoms with Gasteiger partial charge in [-0.1, -0.05) is 12.1 Å². The molecule has 7 nitrogen and oxygen atoms in total. The first-order valence-corrected chi connectivity index (χ1v) is 12.3. The van der Waals surface area contributed by atoms with Gasteiger partial charge < -0.3 is 19.7 Å². The van der Waals surface area contributed by atoms with Crippen molar-refractivity contribution in [3.05, 3.63) is 83.4 Å². The van der Waals surface area contributed by atoms with Gasteiger partial charge in [0.2, 0.25) is 0 Å². The normalized spacial score (nSPS) is 14.2. The van der Waals surface area contributed by atoms with Crippen LogP contribution in [-0.2, 0) is 0 Å². The van der Waals surface area contributed by atoms with Gasteiger partial charge in [-0.25, -0.2) is 9.37 Å². The van der Waals surface area contributed by atoms with E-state index < -0.39 is 11.7 Å². The molecule has 1 N–H and O–H groups in total. The van der Waals surface area contributed by atoms with Crippen molar-refractivity contribution in [2.45, 2.75) is 45.1 Å². The van der Waals surface area contributed by atoms with Crippen molar-refractivity contribution in [1.29, 1.82) is 0 Å². The number of nitrogens with zero attached hydrogens (tertiary/aromatic N) is 2. The maximum atomic E-state index is 14.1. The third kappa shape index (κ3) is 6.64. The van der Waals surface area contributed by atoms with Crippen molar-refractivity contribution in [2.75, 3.05) is 25.5 Å². The number of hydrogen-bond acceptors (Lipinski definition) is 5. The molecule has 8 heteroatoms. The van der Waals surface area contributed by atoms with Crippen molar-refractivity contribution in [2.24, 2.45) is 0 Å². The van der Waals surface area contributed by atoms with Crippen LogP contribution in [0.2, 0.25) is 0 Å². The number of ether oxygens (including phenoxy) is 2. The van der Waals surface area contributed by atoms with Gasteiger partial charge in [0.15, 0.2) is 11.5 Å². The first kappa shape index (κ1) is 26.1. The fourth-order valence-corrected chi connectivity index (χ4v) is 4.35. The highest BCUT2D eigenvalue weighted by Crippen LogP contribution is 2.30. The Morgan fingerprint density at radius 2 is 1.65 bits per heavy atom. The quantitative estimate of drug-likeness (QED) is 0.466. The minimum absolute atomic E-state index is 0.0261. The topological polar surface area (TPSA) is 80.8 Å². The molecule has 4 rings (SSSR count). The summed E-state index contributed by atoms with van der Waals surface area (Å²) in [6.07, 6.45) is 3.00. The Kier molecular flexibility index (Phi) is 7.76. The van der Waals surface area contributed by atoms with E-state index >= 15 is 0 Å². The molecule has 2 amide bonds. The summed E-state index contributed by atoms with van der Waals surface area (Å²) >= 11 is 0. The number of methoxy groups -OCH3 is 1. The van der Waals surface area contributed by atoms with Gasteiger partial charge in [-0.3, -0.25) is 9.59 Å². The van der Waals surface area contributed by atoms with Gasteiger partial charge in [0.1, 0.15) is 17.1 Å². The van der Waals surface area contributed by atoms with Crippen LogP contribution in [-0.4, -0.2) is 47.5 Å². The number of likely N-dealkylation sites (tertiary alicyclic amines) is 1. The monoisotopic (exact) mass is 505 g/mol. The highest BCUT2D eigenvalue weighted by Gasteiger charge is 2.25. The Morgan fingerprint density at radius 3 is 2.22 bits per heavy atom. The number of nitrogens with one attached hydrogen (secondary N) is 1. The van der Waals surface area contributed by atoms with Crippen LogP contribution in [0, 0.1) is 5.82 Å². The summed E-state index contributed by atoms with van der Waals surface area (Å²) in [5, 5.41) is 2.68. The zero-order valence-corrected chi connectivity index (χ0v) is 21.6. The highest BCUT2D eigenvalue weighted by atomic mass is 19.1. The second-order valence-electron chi connectivity index (χ2n) is 10.1. The Hall–Kier alpha value is -3.94. The number of anilines is 1. The lowest BCUT2D eigenvalue weighted by Crippen LogP contribution is -2.37. The second-order valence-corrected chi connectivity index (χ2v) is 10.1. The summed E-state index contributed by atoms with van der Waals surface area (Å²) in [5.41, 5.74) is 1.77. The van der Waals surface area contributed by atoms with E-state index in [0.29, 0.717) is 30.3 Å². The number of carbonyl (C=O) groups excluding carboxylic acids is 2. The predicted molar refractivity (Wildman–Crippen MR) is 140 cm³/mol. The SMILES string of the molecule is COc1cnc(C(=O)Nc2ccc(C3CCN(C(=O)c4ccc(OC(C)(C)C)cc4)CC3)cc2)c(F)c1. The Labute approximate surface area is 216 Å². The maximum absolute atomic E-state index is 14.1. The summed E-state index contributed by atoms with van der Waals surface area (Å²) in [6, 6.07) is 16.0. The number of hydrogen-bond donors (Lipinski definition) is 1. The van der Waals surface area contributed by atoms with Crippen LogP contribution in [0.5, 0.6) is 11.5 Å². The molecule has 194 valence electrons. The first-order chi connectivity index (χ1) is 17.6. The van der Waals surface area contributed by atoms with E-state index in [9.17, 15) is 14.0 Å². The van der Waals surface area contributed by atoms with Crippen LogP contribution in [0.4, 0.5) is 10.1 Å². The molecule has 1 aromatic heterocycles. The van der Waals surface area contributed by atoms with Gasteiger partial charge in [0.05, 0.1) is 13.3 Å². The average molecular weight is 506 g/mol. The minimum Gasteiger partial charge on any atom is -0.495 e. The number of benzene rings is 2. The van der Waals surface area contributed by atoms with E-state index in [1.54, 1.807) is 12.1 Å². The Balaban J connectivity index is 1.31. The lowest BCUT2D eigenvalue weighted by atomic mass is 9.89. The van der Waals surface area contributed by atoms with Gasteiger partial charge in [-0.05, 0) is 81.5 Å². The molecule has 1 fully saturated rings. The second kappa shape index (κ2) is 11.0. The fourth-order valence-electron chi connectivity index (χ4n) is 4.35. The highest BCUT2D eigenvalue weighted by molar-refractivity contribution is 6.03. The van der Waals surface area contributed by atoms with Crippen molar-refractivity contribution >= 4 is 17.5 Å². The molecule has 0 spiro atoms. The Morgan fingerprint density at radius 1 is 1.00 bits per heavy atom. The lowest BCUT2D eigenvalue weighted by molar-refractivity contribution is 0.0712. The summed E-state index contributed by atoms with van der Waals surface area (Å²) in [5.74, 6) is -0.0421. The molecular weight excluding hydrogens is 473 g/mol. The number of rotatable bonds is 6. The van der Waals surface area contributed by atoms with E-state index in [0.717, 1.165) is 30.2 Å². The van der Waals surface area contributed by atoms with Gasteiger partial charge in [0.25, 0.3) is 11.8 Å². The summed E-state index contributed by atoms with van der Waals surface area (Å²) in [6.45, 7) is 7.30. The molecule has 3 aromatic rings. The van der Waals surface area contributed by atoms with Crippen LogP contribution in [0.3, 0.4) is 0 Å². The van der Waals surface area contributed by atoms with Crippen LogP contribution in [0.25, 0.3) is 0 Å². The third-order valence-corrected chi connectivity index (χ3v) is 6.21. The number of halogens is 1. The molecule has 2 heterocycles.